The van der Waals surface area contributed by atoms with E-state index in [-0.39, 0.29) is 5.41 Å². The highest BCUT2D eigenvalue weighted by molar-refractivity contribution is 6.70. The first-order valence-corrected chi connectivity index (χ1v) is 26.2. The summed E-state index contributed by atoms with van der Waals surface area (Å²) < 4.78 is 20.4. The van der Waals surface area contributed by atoms with Gasteiger partial charge in [-0.25, -0.2) is 0 Å². The van der Waals surface area contributed by atoms with Crippen molar-refractivity contribution in [3.05, 3.63) is 0 Å². The fourth-order valence-corrected chi connectivity index (χ4v) is 12.6. The molecule has 0 N–H and O–H groups in total. The fourth-order valence-electron chi connectivity index (χ4n) is 9.62. The average Bonchev–Trinajstić information content (AvgIpc) is 3.10. The molecule has 4 rings (SSSR count). The lowest BCUT2D eigenvalue weighted by Crippen LogP contribution is -2.61. The molecule has 0 aliphatic heterocycles. The number of nitrogens with zero attached hydrogens (tertiary/aromatic N) is 1. The third-order valence-corrected chi connectivity index (χ3v) is 13.9. The third kappa shape index (κ3) is 6.98. The molecule has 0 aromatic carbocycles. The monoisotopic (exact) mass is 595 g/mol. The van der Waals surface area contributed by atoms with Gasteiger partial charge in [0.2, 0.25) is 0 Å². The Labute approximate surface area is 243 Å². The van der Waals surface area contributed by atoms with E-state index in [0.717, 1.165) is 29.9 Å². The summed E-state index contributed by atoms with van der Waals surface area (Å²) in [7, 11) is -3.21. The minimum absolute atomic E-state index is 0.187. The molecule has 0 aromatic heterocycles. The Bertz CT molecular complexity index is 894. The molecular formula is C31H61NO4Si3. The molecule has 5 nitrogen and oxygen atoms in total. The second-order valence-corrected chi connectivity index (χ2v) is 30.4. The molecule has 0 heterocycles. The Kier molecular flexibility index (Phi) is 9.21. The molecule has 0 amide bonds. The van der Waals surface area contributed by atoms with Gasteiger partial charge in [0.05, 0.1) is 12.3 Å². The third-order valence-electron chi connectivity index (χ3n) is 10.8. The number of oxime groups is 1. The van der Waals surface area contributed by atoms with Gasteiger partial charge in [-0.2, -0.15) is 0 Å². The van der Waals surface area contributed by atoms with Gasteiger partial charge >= 0.3 is 0 Å². The molecule has 39 heavy (non-hydrogen) atoms. The van der Waals surface area contributed by atoms with Gasteiger partial charge in [0, 0.05) is 18.1 Å². The Balaban J connectivity index is 1.64. The minimum Gasteiger partial charge on any atom is -0.415 e. The van der Waals surface area contributed by atoms with E-state index in [9.17, 15) is 0 Å². The highest BCUT2D eigenvalue weighted by Gasteiger charge is 2.64. The van der Waals surface area contributed by atoms with Crippen LogP contribution >= 0.6 is 0 Å². The van der Waals surface area contributed by atoms with E-state index < -0.39 is 25.0 Å². The maximum atomic E-state index is 7.26. The maximum Gasteiger partial charge on any atom is 0.184 e. The van der Waals surface area contributed by atoms with Gasteiger partial charge in [-0.3, -0.25) is 0 Å². The standard InChI is InChI=1S/C31H61NO4Si3/c1-30-18-17-23(35-38(7,8)9)19-22(30)13-14-24-25-15-16-26(27(32-33-3)21-34-37(4,5)6)31(25,2)20-28(29(24)30)36-39(10,11)12/h22-26,28-29H,13-21H2,1-12H3/b32-27-/t22-,23+,24+,25+,26-,28+,29-,30+,31+/m1/s1. The first kappa shape index (κ1) is 31.9. The zero-order valence-electron chi connectivity index (χ0n) is 27.5. The Morgan fingerprint density at radius 1 is 0.795 bits per heavy atom. The smallest absolute Gasteiger partial charge is 0.184 e. The maximum absolute atomic E-state index is 7.26. The average molecular weight is 596 g/mol. The van der Waals surface area contributed by atoms with E-state index in [2.05, 4.69) is 77.9 Å². The molecule has 0 bridgehead atoms. The highest BCUT2D eigenvalue weighted by atomic mass is 28.4. The lowest BCUT2D eigenvalue weighted by molar-refractivity contribution is -0.168. The van der Waals surface area contributed by atoms with Crippen molar-refractivity contribution in [2.75, 3.05) is 13.7 Å². The highest BCUT2D eigenvalue weighted by Crippen LogP contribution is 2.68. The van der Waals surface area contributed by atoms with E-state index >= 15 is 0 Å². The van der Waals surface area contributed by atoms with Crippen LogP contribution in [0.4, 0.5) is 0 Å². The molecule has 226 valence electrons. The summed E-state index contributed by atoms with van der Waals surface area (Å²) in [5, 5.41) is 4.64. The van der Waals surface area contributed by atoms with Crippen LogP contribution in [0, 0.1) is 40.4 Å². The number of fused-ring (bicyclic) bond motifs is 5. The molecule has 4 aliphatic carbocycles. The summed E-state index contributed by atoms with van der Waals surface area (Å²) in [4.78, 5) is 5.44. The lowest BCUT2D eigenvalue weighted by atomic mass is 9.44. The van der Waals surface area contributed by atoms with Crippen molar-refractivity contribution in [2.24, 2.45) is 45.6 Å². The van der Waals surface area contributed by atoms with E-state index in [1.165, 1.54) is 44.9 Å². The summed E-state index contributed by atoms with van der Waals surface area (Å²) in [5.74, 6) is 3.32. The Morgan fingerprint density at radius 2 is 1.46 bits per heavy atom. The van der Waals surface area contributed by atoms with Crippen LogP contribution in [-0.2, 0) is 18.1 Å². The van der Waals surface area contributed by atoms with E-state index in [1.54, 1.807) is 7.11 Å². The van der Waals surface area contributed by atoms with Crippen LogP contribution < -0.4 is 0 Å². The summed E-state index contributed by atoms with van der Waals surface area (Å²) >= 11 is 0. The zero-order chi connectivity index (χ0) is 29.0. The van der Waals surface area contributed by atoms with Crippen LogP contribution in [0.5, 0.6) is 0 Å². The van der Waals surface area contributed by atoms with Crippen LogP contribution in [0.15, 0.2) is 5.16 Å². The molecule has 0 radical (unpaired) electrons. The molecule has 0 aromatic rings. The molecule has 9 atom stereocenters. The minimum atomic E-state index is -1.73. The predicted molar refractivity (Wildman–Crippen MR) is 171 cm³/mol. The predicted octanol–water partition coefficient (Wildman–Crippen LogP) is 8.55. The summed E-state index contributed by atoms with van der Waals surface area (Å²) in [6.07, 6.45) is 11.0. The lowest BCUT2D eigenvalue weighted by Gasteiger charge is -2.64. The molecule has 0 spiro atoms. The second kappa shape index (κ2) is 11.3. The van der Waals surface area contributed by atoms with Crippen molar-refractivity contribution in [3.63, 3.8) is 0 Å². The number of rotatable bonds is 9. The van der Waals surface area contributed by atoms with Crippen molar-refractivity contribution in [2.45, 2.75) is 136 Å². The first-order valence-electron chi connectivity index (χ1n) is 16.0. The second-order valence-electron chi connectivity index (χ2n) is 17.0. The van der Waals surface area contributed by atoms with Gasteiger partial charge in [-0.05, 0) is 145 Å². The van der Waals surface area contributed by atoms with E-state index in [4.69, 9.17) is 18.1 Å². The van der Waals surface area contributed by atoms with Crippen LogP contribution in [0.1, 0.15) is 65.2 Å². The molecule has 4 saturated carbocycles. The van der Waals surface area contributed by atoms with Gasteiger partial charge in [-0.15, -0.1) is 0 Å². The topological polar surface area (TPSA) is 49.3 Å². The Hall–Kier alpha value is 0.000649. The van der Waals surface area contributed by atoms with Gasteiger partial charge in [-0.1, -0.05) is 19.0 Å². The van der Waals surface area contributed by atoms with E-state index in [0.29, 0.717) is 36.1 Å². The van der Waals surface area contributed by atoms with E-state index in [1.807, 2.05) is 0 Å². The van der Waals surface area contributed by atoms with Crippen molar-refractivity contribution >= 4 is 30.7 Å². The van der Waals surface area contributed by atoms with Crippen molar-refractivity contribution < 1.29 is 18.1 Å². The molecular weight excluding hydrogens is 535 g/mol. The molecule has 4 fully saturated rings. The summed E-state index contributed by atoms with van der Waals surface area (Å²) in [5.41, 5.74) is 1.68. The number of hydrogen-bond acceptors (Lipinski definition) is 5. The molecule has 8 heteroatoms. The fraction of sp³-hybridized carbons (Fsp3) is 0.968. The Morgan fingerprint density at radius 3 is 2.05 bits per heavy atom. The van der Waals surface area contributed by atoms with Crippen molar-refractivity contribution in [3.8, 4) is 0 Å². The quantitative estimate of drug-likeness (QED) is 0.152. The van der Waals surface area contributed by atoms with Gasteiger partial charge in [0.15, 0.2) is 25.0 Å². The summed E-state index contributed by atoms with van der Waals surface area (Å²) in [6.45, 7) is 26.9. The molecule has 0 unspecified atom stereocenters. The van der Waals surface area contributed by atoms with Gasteiger partial charge in [0.25, 0.3) is 0 Å². The molecule has 4 aliphatic rings. The summed E-state index contributed by atoms with van der Waals surface area (Å²) in [6, 6.07) is 0. The van der Waals surface area contributed by atoms with Crippen LogP contribution in [0.3, 0.4) is 0 Å². The largest absolute Gasteiger partial charge is 0.415 e. The normalized spacial score (nSPS) is 41.5. The van der Waals surface area contributed by atoms with Crippen LogP contribution in [0.25, 0.3) is 0 Å². The molecule has 0 saturated heterocycles. The zero-order valence-corrected chi connectivity index (χ0v) is 30.5. The van der Waals surface area contributed by atoms with Crippen LogP contribution in [-0.4, -0.2) is 56.6 Å². The van der Waals surface area contributed by atoms with Crippen LogP contribution in [0.2, 0.25) is 58.9 Å². The first-order chi connectivity index (χ1) is 17.9. The van der Waals surface area contributed by atoms with Gasteiger partial charge < -0.3 is 18.1 Å². The number of hydrogen-bond donors (Lipinski definition) is 0. The van der Waals surface area contributed by atoms with Crippen molar-refractivity contribution in [1.82, 2.24) is 0 Å². The van der Waals surface area contributed by atoms with Crippen molar-refractivity contribution in [1.29, 1.82) is 0 Å². The SMILES string of the molecule is CO/N=C(/CO[Si](C)(C)C)[C@H]1CC[C@H]2[C@@H]3CC[C@@H]4C[C@@H](O[Si](C)(C)C)CC[C@]4(C)[C@H]3[C@@H](O[Si](C)(C)C)C[C@]12C. The van der Waals surface area contributed by atoms with Gasteiger partial charge in [0.1, 0.15) is 7.11 Å².